The van der Waals surface area contributed by atoms with E-state index in [1.807, 2.05) is 0 Å². The number of hydrogen-bond donors (Lipinski definition) is 2. The van der Waals surface area contributed by atoms with Crippen LogP contribution in [0.25, 0.3) is 0 Å². The van der Waals surface area contributed by atoms with Crippen molar-refractivity contribution in [2.45, 2.75) is 18.2 Å². The molecule has 0 aromatic carbocycles. The van der Waals surface area contributed by atoms with Crippen molar-refractivity contribution in [2.24, 2.45) is 0 Å². The molecule has 0 unspecified atom stereocenters. The van der Waals surface area contributed by atoms with Crippen LogP contribution in [0.3, 0.4) is 0 Å². The van der Waals surface area contributed by atoms with E-state index in [1.165, 1.54) is 0 Å². The topological polar surface area (TPSA) is 97.5 Å². The van der Waals surface area contributed by atoms with E-state index in [1.54, 1.807) is 6.92 Å². The molecule has 1 aliphatic rings. The van der Waals surface area contributed by atoms with Gasteiger partial charge in [0.1, 0.15) is 9.90 Å². The third-order valence-corrected chi connectivity index (χ3v) is 6.15. The van der Waals surface area contributed by atoms with E-state index in [4.69, 9.17) is 10.5 Å². The number of nitrogen functional groups attached to an aromatic ring is 1. The Labute approximate surface area is 129 Å². The molecule has 0 atom stereocenters. The molecule has 2 rings (SSSR count). The first-order valence-electron chi connectivity index (χ1n) is 7.06. The first-order valence-corrected chi connectivity index (χ1v) is 9.49. The van der Waals surface area contributed by atoms with Gasteiger partial charge in [-0.05, 0) is 24.5 Å². The van der Waals surface area contributed by atoms with Gasteiger partial charge in [0.2, 0.25) is 0 Å². The third kappa shape index (κ3) is 4.29. The van der Waals surface area contributed by atoms with Gasteiger partial charge in [-0.3, -0.25) is 4.90 Å². The lowest BCUT2D eigenvalue weighted by Crippen LogP contribution is -2.37. The van der Waals surface area contributed by atoms with Gasteiger partial charge in [0.15, 0.2) is 15.7 Å². The lowest BCUT2D eigenvalue weighted by atomic mass is 10.3. The van der Waals surface area contributed by atoms with E-state index >= 15 is 0 Å². The molecule has 1 aromatic rings. The molecule has 21 heavy (non-hydrogen) atoms. The largest absolute Gasteiger partial charge is 0.382 e. The summed E-state index contributed by atoms with van der Waals surface area (Å²) >= 11 is 1.11. The molecule has 3 N–H and O–H groups in total. The fraction of sp³-hybridized carbons (Fsp3) is 0.750. The van der Waals surface area contributed by atoms with E-state index in [0.29, 0.717) is 11.5 Å². The Balaban J connectivity index is 1.86. The van der Waals surface area contributed by atoms with Gasteiger partial charge in [-0.15, -0.1) is 0 Å². The van der Waals surface area contributed by atoms with Crippen LogP contribution < -0.4 is 11.1 Å². The first kappa shape index (κ1) is 16.5. The van der Waals surface area contributed by atoms with Crippen LogP contribution in [-0.4, -0.2) is 62.8 Å². The van der Waals surface area contributed by atoms with Crippen LogP contribution in [0.1, 0.15) is 13.3 Å². The molecule has 0 radical (unpaired) electrons. The second-order valence-corrected chi connectivity index (χ2v) is 7.85. The van der Waals surface area contributed by atoms with Gasteiger partial charge in [0.25, 0.3) is 0 Å². The maximum absolute atomic E-state index is 12.0. The van der Waals surface area contributed by atoms with E-state index in [9.17, 15) is 8.42 Å². The Hall–Kier alpha value is -0.900. The Morgan fingerprint density at radius 3 is 2.81 bits per heavy atom. The molecular formula is C12H22N4O3S2. The van der Waals surface area contributed by atoms with Crippen LogP contribution in [0.5, 0.6) is 0 Å². The van der Waals surface area contributed by atoms with Crippen molar-refractivity contribution in [1.82, 2.24) is 9.27 Å². The second kappa shape index (κ2) is 7.39. The number of nitrogens with two attached hydrogens (primary N) is 1. The zero-order valence-electron chi connectivity index (χ0n) is 12.2. The number of sulfone groups is 1. The normalized spacial score (nSPS) is 17.0. The van der Waals surface area contributed by atoms with Gasteiger partial charge in [-0.1, -0.05) is 6.92 Å². The summed E-state index contributed by atoms with van der Waals surface area (Å²) in [5.74, 6) is 0.121. The van der Waals surface area contributed by atoms with Crippen molar-refractivity contribution >= 4 is 32.2 Å². The van der Waals surface area contributed by atoms with Crippen LogP contribution in [0.15, 0.2) is 4.90 Å². The second-order valence-electron chi connectivity index (χ2n) is 4.86. The van der Waals surface area contributed by atoms with E-state index in [0.717, 1.165) is 50.8 Å². The molecule has 0 amide bonds. The first-order chi connectivity index (χ1) is 10.0. The van der Waals surface area contributed by atoms with Crippen molar-refractivity contribution < 1.29 is 13.2 Å². The molecule has 0 aliphatic carbocycles. The Kier molecular flexibility index (Phi) is 5.80. The van der Waals surface area contributed by atoms with Crippen LogP contribution in [-0.2, 0) is 14.6 Å². The van der Waals surface area contributed by atoms with Gasteiger partial charge in [0, 0.05) is 19.6 Å². The van der Waals surface area contributed by atoms with E-state index in [2.05, 4.69) is 14.6 Å². The average molecular weight is 334 g/mol. The zero-order valence-corrected chi connectivity index (χ0v) is 13.8. The molecule has 2 heterocycles. The number of nitrogens with zero attached hydrogens (tertiary/aromatic N) is 2. The molecular weight excluding hydrogens is 312 g/mol. The van der Waals surface area contributed by atoms with E-state index in [-0.39, 0.29) is 16.5 Å². The SMILES string of the molecule is CCS(=O)(=O)c1c(N)nsc1NCCCN1CCOCC1. The molecule has 1 fully saturated rings. The fourth-order valence-electron chi connectivity index (χ4n) is 2.18. The Bertz CT molecular complexity index is 553. The lowest BCUT2D eigenvalue weighted by molar-refractivity contribution is 0.0378. The quantitative estimate of drug-likeness (QED) is 0.707. The standard InChI is InChI=1S/C12H22N4O3S2/c1-2-21(17,18)10-11(13)15-20-12(10)14-4-3-5-16-6-8-19-9-7-16/h14H,2-9H2,1H3,(H2,13,15). The summed E-state index contributed by atoms with van der Waals surface area (Å²) in [4.78, 5) is 2.50. The summed E-state index contributed by atoms with van der Waals surface area (Å²) in [7, 11) is -3.34. The molecule has 1 aliphatic heterocycles. The predicted molar refractivity (Wildman–Crippen MR) is 84.6 cm³/mol. The van der Waals surface area contributed by atoms with E-state index < -0.39 is 9.84 Å². The highest BCUT2D eigenvalue weighted by molar-refractivity contribution is 7.91. The maximum Gasteiger partial charge on any atom is 0.184 e. The number of nitrogens with one attached hydrogen (secondary N) is 1. The maximum atomic E-state index is 12.0. The van der Waals surface area contributed by atoms with Crippen molar-refractivity contribution in [3.63, 3.8) is 0 Å². The average Bonchev–Trinajstić information content (AvgIpc) is 2.86. The third-order valence-electron chi connectivity index (χ3n) is 3.41. The summed E-state index contributed by atoms with van der Waals surface area (Å²) < 4.78 is 33.3. The molecule has 120 valence electrons. The van der Waals surface area contributed by atoms with Crippen molar-refractivity contribution in [3.05, 3.63) is 0 Å². The van der Waals surface area contributed by atoms with Gasteiger partial charge in [-0.2, -0.15) is 4.37 Å². The lowest BCUT2D eigenvalue weighted by Gasteiger charge is -2.26. The van der Waals surface area contributed by atoms with Gasteiger partial charge in [0.05, 0.1) is 19.0 Å². The summed E-state index contributed by atoms with van der Waals surface area (Å²) in [6, 6.07) is 0. The molecule has 0 saturated carbocycles. The molecule has 0 bridgehead atoms. The molecule has 1 aromatic heterocycles. The molecule has 0 spiro atoms. The van der Waals surface area contributed by atoms with Crippen molar-refractivity contribution in [3.8, 4) is 0 Å². The van der Waals surface area contributed by atoms with Crippen molar-refractivity contribution in [1.29, 1.82) is 0 Å². The number of hydrogen-bond acceptors (Lipinski definition) is 8. The number of aromatic nitrogens is 1. The minimum Gasteiger partial charge on any atom is -0.382 e. The fourth-order valence-corrected chi connectivity index (χ4v) is 4.37. The number of morpholine rings is 1. The summed E-state index contributed by atoms with van der Waals surface area (Å²) in [5.41, 5.74) is 5.68. The smallest absolute Gasteiger partial charge is 0.184 e. The highest BCUT2D eigenvalue weighted by atomic mass is 32.2. The highest BCUT2D eigenvalue weighted by Gasteiger charge is 2.23. The predicted octanol–water partition coefficient (Wildman–Crippen LogP) is 0.653. The minimum atomic E-state index is -3.34. The number of anilines is 2. The van der Waals surface area contributed by atoms with Gasteiger partial charge in [-0.25, -0.2) is 8.42 Å². The monoisotopic (exact) mass is 334 g/mol. The van der Waals surface area contributed by atoms with Crippen LogP contribution in [0.4, 0.5) is 10.8 Å². The zero-order chi connectivity index (χ0) is 15.3. The highest BCUT2D eigenvalue weighted by Crippen LogP contribution is 2.32. The van der Waals surface area contributed by atoms with Crippen LogP contribution >= 0.6 is 11.5 Å². The Morgan fingerprint density at radius 1 is 1.43 bits per heavy atom. The summed E-state index contributed by atoms with van der Waals surface area (Å²) in [6.45, 7) is 6.78. The minimum absolute atomic E-state index is 0.0259. The molecule has 1 saturated heterocycles. The number of rotatable bonds is 7. The number of ether oxygens (including phenoxy) is 1. The molecule has 7 nitrogen and oxygen atoms in total. The van der Waals surface area contributed by atoms with Gasteiger partial charge < -0.3 is 15.8 Å². The molecule has 9 heteroatoms. The Morgan fingerprint density at radius 2 is 2.14 bits per heavy atom. The summed E-state index contributed by atoms with van der Waals surface area (Å²) in [5, 5.41) is 3.71. The van der Waals surface area contributed by atoms with Crippen molar-refractivity contribution in [2.75, 3.05) is 56.2 Å². The van der Waals surface area contributed by atoms with Crippen LogP contribution in [0.2, 0.25) is 0 Å². The van der Waals surface area contributed by atoms with Gasteiger partial charge >= 0.3 is 0 Å². The summed E-state index contributed by atoms with van der Waals surface area (Å²) in [6.07, 6.45) is 0.934. The van der Waals surface area contributed by atoms with Crippen LogP contribution in [0, 0.1) is 0 Å².